The van der Waals surface area contributed by atoms with Gasteiger partial charge in [-0.15, -0.1) is 29.9 Å². The molecule has 1 amide bonds. The van der Waals surface area contributed by atoms with Gasteiger partial charge in [-0.3, -0.25) is 9.78 Å². The highest BCUT2D eigenvalue weighted by atomic mass is 35.5. The number of hydrogen-bond donors (Lipinski definition) is 1. The minimum absolute atomic E-state index is 0. The van der Waals surface area contributed by atoms with E-state index in [4.69, 9.17) is 0 Å². The smallest absolute Gasteiger partial charge is 0.276 e. The minimum Gasteiger partial charge on any atom is -0.337 e. The summed E-state index contributed by atoms with van der Waals surface area (Å²) in [5.41, 5.74) is 3.01. The molecule has 4 rings (SSSR count). The van der Waals surface area contributed by atoms with Gasteiger partial charge in [-0.25, -0.2) is 4.68 Å². The van der Waals surface area contributed by atoms with Crippen LogP contribution < -0.4 is 5.32 Å². The first-order valence-electron chi connectivity index (χ1n) is 9.38. The number of benzene rings is 1. The Hall–Kier alpha value is -2.22. The van der Waals surface area contributed by atoms with Crippen LogP contribution in [0.15, 0.2) is 36.5 Å². The van der Waals surface area contributed by atoms with Crippen molar-refractivity contribution in [3.63, 3.8) is 0 Å². The molecule has 3 heterocycles. The number of fused-ring (bicyclic) bond motifs is 1. The van der Waals surface area contributed by atoms with E-state index in [0.29, 0.717) is 11.6 Å². The molecule has 1 unspecified atom stereocenters. The van der Waals surface area contributed by atoms with Gasteiger partial charge >= 0.3 is 0 Å². The molecule has 1 atom stereocenters. The van der Waals surface area contributed by atoms with E-state index < -0.39 is 0 Å². The normalized spacial score (nSPS) is 16.2. The first kappa shape index (κ1) is 23.1. The summed E-state index contributed by atoms with van der Waals surface area (Å²) in [4.78, 5) is 19.3. The zero-order chi connectivity index (χ0) is 18.8. The van der Waals surface area contributed by atoms with Crippen molar-refractivity contribution in [2.24, 2.45) is 5.92 Å². The Balaban J connectivity index is 0.00000150. The van der Waals surface area contributed by atoms with Crippen molar-refractivity contribution in [1.82, 2.24) is 30.2 Å². The van der Waals surface area contributed by atoms with E-state index in [1.807, 2.05) is 49.2 Å². The number of nitrogens with one attached hydrogen (secondary N) is 1. The van der Waals surface area contributed by atoms with Crippen molar-refractivity contribution in [1.29, 1.82) is 0 Å². The lowest BCUT2D eigenvalue weighted by Gasteiger charge is -2.32. The average molecular weight is 437 g/mol. The fraction of sp³-hybridized carbons (Fsp3) is 0.400. The summed E-state index contributed by atoms with van der Waals surface area (Å²) in [7, 11) is 1.95. The zero-order valence-electron chi connectivity index (χ0n) is 16.5. The summed E-state index contributed by atoms with van der Waals surface area (Å²) in [5.74, 6) is 0.470. The fourth-order valence-electron chi connectivity index (χ4n) is 3.82. The number of nitrogens with zero attached hydrogens (tertiary/aromatic N) is 5. The number of hydrogen-bond acceptors (Lipinski definition) is 5. The molecule has 2 aromatic heterocycles. The monoisotopic (exact) mass is 436 g/mol. The van der Waals surface area contributed by atoms with Gasteiger partial charge in [0.05, 0.1) is 16.9 Å². The van der Waals surface area contributed by atoms with Crippen LogP contribution in [-0.2, 0) is 0 Å². The van der Waals surface area contributed by atoms with Crippen LogP contribution in [0.4, 0.5) is 0 Å². The molecular weight excluding hydrogens is 411 g/mol. The third-order valence-corrected chi connectivity index (χ3v) is 5.23. The van der Waals surface area contributed by atoms with Crippen LogP contribution in [0.5, 0.6) is 0 Å². The molecule has 0 aliphatic carbocycles. The predicted molar refractivity (Wildman–Crippen MR) is 118 cm³/mol. The maximum absolute atomic E-state index is 13.0. The number of likely N-dealkylation sites (tertiary alicyclic amines) is 1. The van der Waals surface area contributed by atoms with Crippen LogP contribution in [0.1, 0.15) is 29.0 Å². The summed E-state index contributed by atoms with van der Waals surface area (Å²) in [6.07, 6.45) is 3.96. The first-order chi connectivity index (χ1) is 13.2. The van der Waals surface area contributed by atoms with Crippen molar-refractivity contribution in [3.05, 3.63) is 47.9 Å². The summed E-state index contributed by atoms with van der Waals surface area (Å²) in [6.45, 7) is 4.39. The number of piperidine rings is 1. The Labute approximate surface area is 182 Å². The lowest BCUT2D eigenvalue weighted by Crippen LogP contribution is -2.42. The lowest BCUT2D eigenvalue weighted by atomic mass is 9.97. The summed E-state index contributed by atoms with van der Waals surface area (Å²) in [6, 6.07) is 9.85. The molecule has 1 aliphatic heterocycles. The van der Waals surface area contributed by atoms with Crippen molar-refractivity contribution < 1.29 is 4.79 Å². The number of carbonyl (C=O) groups is 1. The minimum atomic E-state index is -0.0259. The second kappa shape index (κ2) is 10.0. The van der Waals surface area contributed by atoms with Crippen molar-refractivity contribution in [2.75, 3.05) is 26.7 Å². The topological polar surface area (TPSA) is 75.9 Å². The molecule has 1 fully saturated rings. The summed E-state index contributed by atoms with van der Waals surface area (Å²) < 4.78 is 1.73. The Bertz CT molecular complexity index is 975. The predicted octanol–water partition coefficient (Wildman–Crippen LogP) is 3.04. The number of pyridine rings is 1. The Morgan fingerprint density at radius 3 is 2.90 bits per heavy atom. The van der Waals surface area contributed by atoms with Gasteiger partial charge in [-0.05, 0) is 63.5 Å². The number of carbonyl (C=O) groups excluding carboxylic acids is 1. The Morgan fingerprint density at radius 2 is 2.10 bits per heavy atom. The molecule has 0 spiro atoms. The second-order valence-corrected chi connectivity index (χ2v) is 7.13. The van der Waals surface area contributed by atoms with Crippen molar-refractivity contribution in [3.8, 4) is 5.69 Å². The lowest BCUT2D eigenvalue weighted by molar-refractivity contribution is 0.0667. The van der Waals surface area contributed by atoms with Gasteiger partial charge in [-0.1, -0.05) is 11.3 Å². The van der Waals surface area contributed by atoms with Crippen LogP contribution in [0.2, 0.25) is 0 Å². The third kappa shape index (κ3) is 4.69. The summed E-state index contributed by atoms with van der Waals surface area (Å²) >= 11 is 0. The molecule has 1 aromatic carbocycles. The van der Waals surface area contributed by atoms with Gasteiger partial charge in [0.15, 0.2) is 5.69 Å². The molecule has 1 saturated heterocycles. The van der Waals surface area contributed by atoms with Gasteiger partial charge in [0.1, 0.15) is 0 Å². The molecule has 1 aliphatic rings. The third-order valence-electron chi connectivity index (χ3n) is 5.23. The van der Waals surface area contributed by atoms with E-state index in [9.17, 15) is 4.79 Å². The zero-order valence-corrected chi connectivity index (χ0v) is 18.2. The molecule has 3 aromatic rings. The molecule has 0 saturated carbocycles. The van der Waals surface area contributed by atoms with Gasteiger partial charge in [0.25, 0.3) is 5.91 Å². The highest BCUT2D eigenvalue weighted by Gasteiger charge is 2.27. The molecule has 7 nitrogen and oxygen atoms in total. The van der Waals surface area contributed by atoms with Gasteiger partial charge in [0, 0.05) is 24.7 Å². The van der Waals surface area contributed by atoms with Gasteiger partial charge in [-0.2, -0.15) is 0 Å². The van der Waals surface area contributed by atoms with E-state index in [1.165, 1.54) is 0 Å². The molecule has 9 heteroatoms. The maximum Gasteiger partial charge on any atom is 0.276 e. The molecule has 1 N–H and O–H groups in total. The van der Waals surface area contributed by atoms with Crippen LogP contribution >= 0.6 is 24.8 Å². The van der Waals surface area contributed by atoms with Gasteiger partial charge in [0.2, 0.25) is 0 Å². The average Bonchev–Trinajstić information content (AvgIpc) is 3.09. The van der Waals surface area contributed by atoms with E-state index in [1.54, 1.807) is 10.9 Å². The SMILES string of the molecule is CNCC1CCCN(C(=O)c2nnn(-c3ccc4ncccc4c3)c2C)C1.Cl.Cl. The second-order valence-electron chi connectivity index (χ2n) is 7.13. The Morgan fingerprint density at radius 1 is 1.28 bits per heavy atom. The van der Waals surface area contributed by atoms with Crippen LogP contribution in [0.25, 0.3) is 16.6 Å². The van der Waals surface area contributed by atoms with Crippen molar-refractivity contribution >= 4 is 41.6 Å². The standard InChI is InChI=1S/C20H24N6O.2ClH/c1-14-19(20(27)25-10-4-5-15(13-25)12-21-2)23-24-26(14)17-7-8-18-16(11-17)6-3-9-22-18;;/h3,6-9,11,15,21H,4-5,10,12-13H2,1-2H3;2*1H. The van der Waals surface area contributed by atoms with Crippen LogP contribution in [0, 0.1) is 12.8 Å². The van der Waals surface area contributed by atoms with E-state index in [0.717, 1.165) is 54.8 Å². The van der Waals surface area contributed by atoms with Crippen LogP contribution in [-0.4, -0.2) is 57.5 Å². The quantitative estimate of drug-likeness (QED) is 0.679. The van der Waals surface area contributed by atoms with Gasteiger partial charge < -0.3 is 10.2 Å². The number of halogens is 2. The van der Waals surface area contributed by atoms with Crippen molar-refractivity contribution in [2.45, 2.75) is 19.8 Å². The summed E-state index contributed by atoms with van der Waals surface area (Å²) in [5, 5.41) is 12.7. The molecule has 156 valence electrons. The highest BCUT2D eigenvalue weighted by Crippen LogP contribution is 2.21. The highest BCUT2D eigenvalue weighted by molar-refractivity contribution is 5.93. The number of rotatable bonds is 4. The Kier molecular flexibility index (Phi) is 7.96. The molecule has 29 heavy (non-hydrogen) atoms. The number of aromatic nitrogens is 4. The largest absolute Gasteiger partial charge is 0.337 e. The molecule has 0 bridgehead atoms. The van der Waals surface area contributed by atoms with E-state index >= 15 is 0 Å². The van der Waals surface area contributed by atoms with Crippen LogP contribution in [0.3, 0.4) is 0 Å². The first-order valence-corrected chi connectivity index (χ1v) is 9.38. The van der Waals surface area contributed by atoms with E-state index in [-0.39, 0.29) is 30.7 Å². The number of amides is 1. The van der Waals surface area contributed by atoms with E-state index in [2.05, 4.69) is 20.6 Å². The molecular formula is C20H26Cl2N6O. The molecule has 0 radical (unpaired) electrons. The maximum atomic E-state index is 13.0. The fourth-order valence-corrected chi connectivity index (χ4v) is 3.82.